The molecule has 6 nitrogen and oxygen atoms in total. The second-order valence-corrected chi connectivity index (χ2v) is 5.58. The van der Waals surface area contributed by atoms with Gasteiger partial charge in [0.25, 0.3) is 5.56 Å². The van der Waals surface area contributed by atoms with Crippen molar-refractivity contribution in [3.8, 4) is 5.82 Å². The normalized spacial score (nSPS) is 13.4. The quantitative estimate of drug-likeness (QED) is 0.738. The predicted molar refractivity (Wildman–Crippen MR) is 82.1 cm³/mol. The zero-order chi connectivity index (χ0) is 17.6. The summed E-state index contributed by atoms with van der Waals surface area (Å²) in [5, 5.41) is 5.66. The summed E-state index contributed by atoms with van der Waals surface area (Å²) in [5.41, 5.74) is 4.41. The lowest BCUT2D eigenvalue weighted by atomic mass is 10.2. The first-order valence-electron chi connectivity index (χ1n) is 6.80. The van der Waals surface area contributed by atoms with Crippen LogP contribution in [0.25, 0.3) is 16.7 Å². The van der Waals surface area contributed by atoms with Crippen molar-refractivity contribution in [2.45, 2.75) is 19.1 Å². The Balaban J connectivity index is 2.36. The number of hydrogen-bond donors (Lipinski definition) is 2. The van der Waals surface area contributed by atoms with Crippen molar-refractivity contribution < 1.29 is 13.2 Å². The number of nitrogens with zero attached hydrogens (tertiary/aromatic N) is 3. The second kappa shape index (κ2) is 5.60. The molecule has 0 aliphatic heterocycles. The van der Waals surface area contributed by atoms with Gasteiger partial charge in [-0.3, -0.25) is 9.89 Å². The van der Waals surface area contributed by atoms with Crippen molar-refractivity contribution in [3.05, 3.63) is 51.2 Å². The van der Waals surface area contributed by atoms with Crippen molar-refractivity contribution in [2.75, 3.05) is 0 Å². The van der Waals surface area contributed by atoms with Crippen molar-refractivity contribution in [1.29, 1.82) is 0 Å². The third-order valence-corrected chi connectivity index (χ3v) is 3.69. The molecule has 126 valence electrons. The van der Waals surface area contributed by atoms with E-state index < -0.39 is 23.5 Å². The Morgan fingerprint density at radius 1 is 1.38 bits per heavy atom. The van der Waals surface area contributed by atoms with Gasteiger partial charge in [-0.2, -0.15) is 18.3 Å². The number of hydrogen-bond acceptors (Lipinski definition) is 4. The van der Waals surface area contributed by atoms with Gasteiger partial charge in [-0.25, -0.2) is 9.55 Å². The van der Waals surface area contributed by atoms with E-state index in [9.17, 15) is 18.0 Å². The van der Waals surface area contributed by atoms with Crippen LogP contribution in [0.1, 0.15) is 24.5 Å². The highest BCUT2D eigenvalue weighted by atomic mass is 35.5. The third-order valence-electron chi connectivity index (χ3n) is 3.38. The topological polar surface area (TPSA) is 89.6 Å². The monoisotopic (exact) mass is 357 g/mol. The summed E-state index contributed by atoms with van der Waals surface area (Å²) >= 11 is 6.04. The van der Waals surface area contributed by atoms with Gasteiger partial charge in [0, 0.05) is 6.07 Å². The molecular formula is C14H11ClF3N5O. The Kier molecular flexibility index (Phi) is 3.84. The second-order valence-electron chi connectivity index (χ2n) is 5.17. The highest BCUT2D eigenvalue weighted by Crippen LogP contribution is 2.29. The number of rotatable bonds is 2. The number of aromatic nitrogens is 4. The highest BCUT2D eigenvalue weighted by molar-refractivity contribution is 6.35. The summed E-state index contributed by atoms with van der Waals surface area (Å²) in [7, 11) is 0. The zero-order valence-corrected chi connectivity index (χ0v) is 13.0. The number of halogens is 4. The van der Waals surface area contributed by atoms with Crippen LogP contribution in [0.15, 0.2) is 29.1 Å². The molecule has 3 aromatic rings. The molecule has 3 N–H and O–H groups in total. The Morgan fingerprint density at radius 3 is 2.67 bits per heavy atom. The van der Waals surface area contributed by atoms with Crippen LogP contribution >= 0.6 is 11.6 Å². The van der Waals surface area contributed by atoms with Crippen LogP contribution in [0.4, 0.5) is 13.2 Å². The molecule has 0 fully saturated rings. The van der Waals surface area contributed by atoms with Crippen molar-refractivity contribution in [3.63, 3.8) is 0 Å². The van der Waals surface area contributed by atoms with E-state index in [-0.39, 0.29) is 22.1 Å². The Hall–Kier alpha value is -2.39. The fourth-order valence-electron chi connectivity index (χ4n) is 2.30. The molecule has 1 atom stereocenters. The van der Waals surface area contributed by atoms with Crippen molar-refractivity contribution in [2.24, 2.45) is 5.73 Å². The molecule has 2 aromatic heterocycles. The molecular weight excluding hydrogens is 347 g/mol. The van der Waals surface area contributed by atoms with Gasteiger partial charge < -0.3 is 5.73 Å². The average molecular weight is 358 g/mol. The lowest BCUT2D eigenvalue weighted by Crippen LogP contribution is -2.28. The Labute approximate surface area is 138 Å². The molecule has 2 heterocycles. The summed E-state index contributed by atoms with van der Waals surface area (Å²) in [5.74, 6) is -0.177. The van der Waals surface area contributed by atoms with Gasteiger partial charge in [0.2, 0.25) is 0 Å². The van der Waals surface area contributed by atoms with Gasteiger partial charge in [-0.15, -0.1) is 0 Å². The number of alkyl halides is 3. The van der Waals surface area contributed by atoms with Crippen LogP contribution in [0.3, 0.4) is 0 Å². The van der Waals surface area contributed by atoms with E-state index in [1.165, 1.54) is 6.07 Å². The van der Waals surface area contributed by atoms with E-state index in [0.717, 1.165) is 10.6 Å². The molecule has 0 unspecified atom stereocenters. The Bertz CT molecular complexity index is 977. The summed E-state index contributed by atoms with van der Waals surface area (Å²) in [4.78, 5) is 17.0. The molecule has 0 amide bonds. The standard InChI is InChI=1S/C14H11ClF3N5O/c1-6(19)12-20-8-4-2-3-7(15)11(8)13(24)23(12)10-5-9(21-22-10)14(16,17)18/h2-6H,19H2,1H3,(H,21,22)/t6-/m0/s1. The maximum Gasteiger partial charge on any atom is 0.432 e. The smallest absolute Gasteiger partial charge is 0.322 e. The molecule has 24 heavy (non-hydrogen) atoms. The molecule has 0 spiro atoms. The number of nitrogens with two attached hydrogens (primary N) is 1. The van der Waals surface area contributed by atoms with E-state index in [0.29, 0.717) is 5.52 Å². The minimum Gasteiger partial charge on any atom is -0.322 e. The van der Waals surface area contributed by atoms with E-state index in [1.54, 1.807) is 19.1 Å². The molecule has 0 radical (unpaired) electrons. The van der Waals surface area contributed by atoms with Crippen LogP contribution < -0.4 is 11.3 Å². The molecule has 3 rings (SSSR count). The first kappa shape index (κ1) is 16.5. The number of aromatic amines is 1. The lowest BCUT2D eigenvalue weighted by Gasteiger charge is -2.14. The van der Waals surface area contributed by atoms with Crippen molar-refractivity contribution >= 4 is 22.5 Å². The molecule has 0 aliphatic rings. The summed E-state index contributed by atoms with van der Waals surface area (Å²) in [6, 6.07) is 4.69. The fourth-order valence-corrected chi connectivity index (χ4v) is 2.56. The van der Waals surface area contributed by atoms with Crippen LogP contribution in [-0.4, -0.2) is 19.7 Å². The molecule has 0 saturated carbocycles. The first-order chi connectivity index (χ1) is 11.2. The minimum atomic E-state index is -4.62. The van der Waals surface area contributed by atoms with E-state index >= 15 is 0 Å². The van der Waals surface area contributed by atoms with Gasteiger partial charge in [0.15, 0.2) is 5.82 Å². The van der Waals surface area contributed by atoms with Crippen LogP contribution in [0.2, 0.25) is 5.02 Å². The van der Waals surface area contributed by atoms with Crippen LogP contribution in [0.5, 0.6) is 0 Å². The molecule has 0 saturated heterocycles. The SMILES string of the molecule is C[C@H](N)c1nc2cccc(Cl)c2c(=O)n1-c1cc(C(F)(F)F)[nH]n1. The van der Waals surface area contributed by atoms with Gasteiger partial charge in [-0.05, 0) is 19.1 Å². The number of benzene rings is 1. The highest BCUT2D eigenvalue weighted by Gasteiger charge is 2.33. The predicted octanol–water partition coefficient (Wildman–Crippen LogP) is 2.80. The maximum absolute atomic E-state index is 12.8. The minimum absolute atomic E-state index is 0.0787. The summed E-state index contributed by atoms with van der Waals surface area (Å²) in [6.45, 7) is 1.56. The average Bonchev–Trinajstić information content (AvgIpc) is 2.96. The van der Waals surface area contributed by atoms with Crippen molar-refractivity contribution in [1.82, 2.24) is 19.7 Å². The lowest BCUT2D eigenvalue weighted by molar-refractivity contribution is -0.141. The molecule has 0 bridgehead atoms. The first-order valence-corrected chi connectivity index (χ1v) is 7.17. The van der Waals surface area contributed by atoms with Gasteiger partial charge in [0.05, 0.1) is 22.0 Å². The van der Waals surface area contributed by atoms with Crippen LogP contribution in [-0.2, 0) is 6.18 Å². The van der Waals surface area contributed by atoms with Gasteiger partial charge >= 0.3 is 6.18 Å². The largest absolute Gasteiger partial charge is 0.432 e. The number of nitrogens with one attached hydrogen (secondary N) is 1. The van der Waals surface area contributed by atoms with E-state index in [4.69, 9.17) is 17.3 Å². The number of H-pyrrole nitrogens is 1. The van der Waals surface area contributed by atoms with E-state index in [2.05, 4.69) is 10.1 Å². The van der Waals surface area contributed by atoms with Gasteiger partial charge in [-0.1, -0.05) is 17.7 Å². The molecule has 10 heteroatoms. The van der Waals surface area contributed by atoms with Gasteiger partial charge in [0.1, 0.15) is 11.5 Å². The van der Waals surface area contributed by atoms with Crippen LogP contribution in [0, 0.1) is 0 Å². The fraction of sp³-hybridized carbons (Fsp3) is 0.214. The molecule has 0 aliphatic carbocycles. The summed E-state index contributed by atoms with van der Waals surface area (Å²) in [6.07, 6.45) is -4.62. The number of fused-ring (bicyclic) bond motifs is 1. The molecule has 1 aromatic carbocycles. The summed E-state index contributed by atoms with van der Waals surface area (Å²) < 4.78 is 39.3. The van der Waals surface area contributed by atoms with E-state index in [1.807, 2.05) is 5.10 Å². The zero-order valence-electron chi connectivity index (χ0n) is 12.2. The maximum atomic E-state index is 12.8. The third kappa shape index (κ3) is 2.65. The Morgan fingerprint density at radius 2 is 2.08 bits per heavy atom.